The topological polar surface area (TPSA) is 76.3 Å². The first kappa shape index (κ1) is 20.8. The van der Waals surface area contributed by atoms with Crippen LogP contribution in [0.2, 0.25) is 0 Å². The summed E-state index contributed by atoms with van der Waals surface area (Å²) in [5, 5.41) is 4.03. The Kier molecular flexibility index (Phi) is 4.55. The second-order valence-corrected chi connectivity index (χ2v) is 8.95. The number of fused-ring (bicyclic) bond motifs is 4. The Labute approximate surface area is 182 Å². The number of likely N-dealkylation sites (tertiary alicyclic amines) is 1. The van der Waals surface area contributed by atoms with E-state index in [9.17, 15) is 18.0 Å². The van der Waals surface area contributed by atoms with E-state index in [1.54, 1.807) is 4.90 Å². The van der Waals surface area contributed by atoms with Gasteiger partial charge in [-0.3, -0.25) is 4.79 Å². The number of alkyl halides is 3. The number of carbonyl (C=O) groups is 1. The van der Waals surface area contributed by atoms with Gasteiger partial charge in [0.05, 0.1) is 5.69 Å². The molecule has 1 unspecified atom stereocenters. The van der Waals surface area contributed by atoms with Crippen LogP contribution in [0.4, 0.5) is 13.2 Å². The molecule has 10 heteroatoms. The van der Waals surface area contributed by atoms with Crippen LogP contribution < -0.4 is 0 Å². The highest BCUT2D eigenvalue weighted by atomic mass is 19.4. The highest BCUT2D eigenvalue weighted by Gasteiger charge is 2.48. The van der Waals surface area contributed by atoms with Gasteiger partial charge in [0, 0.05) is 36.0 Å². The molecule has 7 nitrogen and oxygen atoms in total. The van der Waals surface area contributed by atoms with Crippen LogP contribution in [0, 0.1) is 13.8 Å². The van der Waals surface area contributed by atoms with Gasteiger partial charge < -0.3 is 4.90 Å². The van der Waals surface area contributed by atoms with Gasteiger partial charge in [0.2, 0.25) is 0 Å². The van der Waals surface area contributed by atoms with Crippen molar-refractivity contribution in [3.63, 3.8) is 0 Å². The maximum absolute atomic E-state index is 13.5. The van der Waals surface area contributed by atoms with Crippen molar-refractivity contribution < 1.29 is 18.0 Å². The summed E-state index contributed by atoms with van der Waals surface area (Å²) in [6.07, 6.45) is 0.431. The Hall–Kier alpha value is -3.04. The van der Waals surface area contributed by atoms with Crippen LogP contribution >= 0.6 is 0 Å². The number of hydrogen-bond donors (Lipinski definition) is 0. The lowest BCUT2D eigenvalue weighted by molar-refractivity contribution is -0.142. The van der Waals surface area contributed by atoms with Gasteiger partial charge in [0.1, 0.15) is 11.5 Å². The highest BCUT2D eigenvalue weighted by Crippen LogP contribution is 2.45. The van der Waals surface area contributed by atoms with Crippen LogP contribution in [0.25, 0.3) is 5.65 Å². The fourth-order valence-electron chi connectivity index (χ4n) is 5.30. The zero-order valence-corrected chi connectivity index (χ0v) is 18.1. The fraction of sp³-hybridized carbons (Fsp3) is 0.500. The molecule has 3 aromatic rings. The lowest BCUT2D eigenvalue weighted by Crippen LogP contribution is -2.58. The summed E-state index contributed by atoms with van der Waals surface area (Å²) in [4.78, 5) is 28.4. The standard InChI is InChI=1S/C22H23F3N6O/c1-12-9-17(22(23,24)25)31-18(27-12)10-15(29-31)20(32)30-8-4-7-21(3)16(30)6-5-14-11-26-13(2)28-19(14)21/h9-11,16H,4-8H2,1-3H3/t16?,21-/m1/s1. The summed E-state index contributed by atoms with van der Waals surface area (Å²) in [7, 11) is 0. The van der Waals surface area contributed by atoms with E-state index in [4.69, 9.17) is 4.98 Å². The number of hydrogen-bond acceptors (Lipinski definition) is 5. The zero-order valence-electron chi connectivity index (χ0n) is 18.1. The molecule has 4 heterocycles. The number of piperidine rings is 1. The van der Waals surface area contributed by atoms with Gasteiger partial charge in [-0.2, -0.15) is 18.3 Å². The van der Waals surface area contributed by atoms with Gasteiger partial charge in [-0.25, -0.2) is 19.5 Å². The minimum absolute atomic E-state index is 0.0119. The Balaban J connectivity index is 1.55. The number of nitrogens with zero attached hydrogens (tertiary/aromatic N) is 6. The van der Waals surface area contributed by atoms with Crippen LogP contribution in [0.3, 0.4) is 0 Å². The second kappa shape index (κ2) is 6.98. The average molecular weight is 444 g/mol. The molecule has 2 atom stereocenters. The van der Waals surface area contributed by atoms with Gasteiger partial charge in [-0.1, -0.05) is 6.92 Å². The van der Waals surface area contributed by atoms with Gasteiger partial charge in [0.15, 0.2) is 11.3 Å². The Morgan fingerprint density at radius 1 is 1.22 bits per heavy atom. The lowest BCUT2D eigenvalue weighted by Gasteiger charge is -2.50. The van der Waals surface area contributed by atoms with E-state index < -0.39 is 11.9 Å². The lowest BCUT2D eigenvalue weighted by atomic mass is 9.65. The van der Waals surface area contributed by atoms with Gasteiger partial charge in [0.25, 0.3) is 5.91 Å². The molecule has 1 aliphatic heterocycles. The fourth-order valence-corrected chi connectivity index (χ4v) is 5.30. The first-order valence-corrected chi connectivity index (χ1v) is 10.7. The maximum Gasteiger partial charge on any atom is 0.433 e. The minimum atomic E-state index is -4.60. The summed E-state index contributed by atoms with van der Waals surface area (Å²) >= 11 is 0. The van der Waals surface area contributed by atoms with Gasteiger partial charge >= 0.3 is 6.18 Å². The molecule has 3 aromatic heterocycles. The molecule has 0 aromatic carbocycles. The monoisotopic (exact) mass is 444 g/mol. The van der Waals surface area contributed by atoms with Crippen molar-refractivity contribution in [2.24, 2.45) is 0 Å². The Bertz CT molecular complexity index is 1240. The first-order chi connectivity index (χ1) is 15.1. The molecule has 5 rings (SSSR count). The molecular weight excluding hydrogens is 421 g/mol. The quantitative estimate of drug-likeness (QED) is 0.573. The predicted molar refractivity (Wildman–Crippen MR) is 109 cm³/mol. The maximum atomic E-state index is 13.5. The van der Waals surface area contributed by atoms with E-state index in [0.29, 0.717) is 12.4 Å². The minimum Gasteiger partial charge on any atom is -0.333 e. The Morgan fingerprint density at radius 3 is 2.75 bits per heavy atom. The van der Waals surface area contributed by atoms with Crippen molar-refractivity contribution in [1.82, 2.24) is 29.5 Å². The summed E-state index contributed by atoms with van der Waals surface area (Å²) < 4.78 is 41.3. The SMILES string of the molecule is Cc1cc(C(F)(F)F)n2nc(C(=O)N3CCC[C@@]4(C)c5nc(C)ncc5CCC34)cc2n1. The molecule has 0 spiro atoms. The summed E-state index contributed by atoms with van der Waals surface area (Å²) in [5.74, 6) is 0.321. The number of carbonyl (C=O) groups excluding carboxylic acids is 1. The van der Waals surface area contributed by atoms with E-state index in [1.807, 2.05) is 13.1 Å². The molecule has 0 bridgehead atoms. The van der Waals surface area contributed by atoms with Crippen LogP contribution in [0.1, 0.15) is 65.1 Å². The van der Waals surface area contributed by atoms with Crippen molar-refractivity contribution >= 4 is 11.6 Å². The molecule has 1 fully saturated rings. The summed E-state index contributed by atoms with van der Waals surface area (Å²) in [6, 6.07) is 2.18. The van der Waals surface area contributed by atoms with Gasteiger partial charge in [-0.05, 0) is 51.2 Å². The molecule has 0 N–H and O–H groups in total. The molecule has 1 saturated heterocycles. The summed E-state index contributed by atoms with van der Waals surface area (Å²) in [5.41, 5.74) is 1.01. The third-order valence-electron chi connectivity index (χ3n) is 6.75. The number of rotatable bonds is 1. The van der Waals surface area contributed by atoms with Crippen LogP contribution in [0.15, 0.2) is 18.3 Å². The van der Waals surface area contributed by atoms with E-state index in [2.05, 4.69) is 22.0 Å². The van der Waals surface area contributed by atoms with Crippen LogP contribution in [-0.2, 0) is 18.0 Å². The van der Waals surface area contributed by atoms with E-state index in [0.717, 1.165) is 47.5 Å². The molecule has 1 amide bonds. The van der Waals surface area contributed by atoms with Gasteiger partial charge in [-0.15, -0.1) is 0 Å². The Morgan fingerprint density at radius 2 is 2.00 bits per heavy atom. The van der Waals surface area contributed by atoms with Crippen molar-refractivity contribution in [3.05, 3.63) is 52.5 Å². The third-order valence-corrected chi connectivity index (χ3v) is 6.75. The molecular formula is C22H23F3N6O. The average Bonchev–Trinajstić information content (AvgIpc) is 3.15. The highest BCUT2D eigenvalue weighted by molar-refractivity contribution is 5.94. The van der Waals surface area contributed by atoms with Crippen LogP contribution in [-0.4, -0.2) is 48.0 Å². The third kappa shape index (κ3) is 3.15. The molecule has 1 aliphatic carbocycles. The molecule has 32 heavy (non-hydrogen) atoms. The van der Waals surface area contributed by atoms with Crippen LogP contribution in [0.5, 0.6) is 0 Å². The second-order valence-electron chi connectivity index (χ2n) is 8.95. The largest absolute Gasteiger partial charge is 0.433 e. The van der Waals surface area contributed by atoms with Crippen molar-refractivity contribution in [3.8, 4) is 0 Å². The predicted octanol–water partition coefficient (Wildman–Crippen LogP) is 3.66. The van der Waals surface area contributed by atoms with E-state index in [1.165, 1.54) is 13.0 Å². The number of aryl methyl sites for hydroxylation is 3. The van der Waals surface area contributed by atoms with Crippen molar-refractivity contribution in [2.45, 2.75) is 64.1 Å². The van der Waals surface area contributed by atoms with Crippen molar-refractivity contribution in [2.75, 3.05) is 6.54 Å². The van der Waals surface area contributed by atoms with E-state index >= 15 is 0 Å². The summed E-state index contributed by atoms with van der Waals surface area (Å²) in [6.45, 7) is 5.99. The molecule has 0 saturated carbocycles. The zero-order chi connectivity index (χ0) is 22.8. The first-order valence-electron chi connectivity index (χ1n) is 10.7. The van der Waals surface area contributed by atoms with E-state index in [-0.39, 0.29) is 34.4 Å². The molecule has 0 radical (unpaired) electrons. The smallest absolute Gasteiger partial charge is 0.333 e. The number of amides is 1. The number of halogens is 3. The van der Waals surface area contributed by atoms with Crippen molar-refractivity contribution in [1.29, 1.82) is 0 Å². The molecule has 2 aliphatic rings. The molecule has 168 valence electrons. The number of aromatic nitrogens is 5. The normalized spacial score (nSPS) is 23.2.